The first-order chi connectivity index (χ1) is 8.33. The molecular formula is C15H21ClO. The summed E-state index contributed by atoms with van der Waals surface area (Å²) < 4.78 is 5.54. The van der Waals surface area contributed by atoms with Crippen LogP contribution in [0.2, 0.25) is 0 Å². The van der Waals surface area contributed by atoms with E-state index in [1.54, 1.807) is 0 Å². The molecular weight excluding hydrogens is 232 g/mol. The Morgan fingerprint density at radius 3 is 2.71 bits per heavy atom. The van der Waals surface area contributed by atoms with Gasteiger partial charge >= 0.3 is 0 Å². The largest absolute Gasteiger partial charge is 0.377 e. The Labute approximate surface area is 109 Å². The van der Waals surface area contributed by atoms with Crippen molar-refractivity contribution < 1.29 is 4.74 Å². The van der Waals surface area contributed by atoms with E-state index >= 15 is 0 Å². The smallest absolute Gasteiger partial charge is 0.0650 e. The molecule has 0 aliphatic carbocycles. The molecule has 1 aromatic carbocycles. The van der Waals surface area contributed by atoms with Crippen molar-refractivity contribution in [2.45, 2.75) is 19.8 Å². The Morgan fingerprint density at radius 2 is 2.00 bits per heavy atom. The molecule has 94 valence electrons. The first kappa shape index (κ1) is 14.3. The maximum atomic E-state index is 5.67. The van der Waals surface area contributed by atoms with Gasteiger partial charge in [-0.3, -0.25) is 0 Å². The monoisotopic (exact) mass is 252 g/mol. The van der Waals surface area contributed by atoms with Gasteiger partial charge in [0, 0.05) is 12.5 Å². The van der Waals surface area contributed by atoms with Crippen LogP contribution in [0, 0.1) is 5.92 Å². The van der Waals surface area contributed by atoms with Crippen molar-refractivity contribution in [2.75, 3.05) is 19.1 Å². The Hall–Kier alpha value is -0.790. The van der Waals surface area contributed by atoms with E-state index in [4.69, 9.17) is 16.3 Å². The van der Waals surface area contributed by atoms with Gasteiger partial charge in [-0.1, -0.05) is 49.4 Å². The summed E-state index contributed by atoms with van der Waals surface area (Å²) in [6.45, 7) is 3.71. The Morgan fingerprint density at radius 1 is 1.24 bits per heavy atom. The van der Waals surface area contributed by atoms with E-state index in [-0.39, 0.29) is 0 Å². The maximum absolute atomic E-state index is 5.67. The topological polar surface area (TPSA) is 9.23 Å². The lowest BCUT2D eigenvalue weighted by Gasteiger charge is -2.08. The summed E-state index contributed by atoms with van der Waals surface area (Å²) in [5.41, 5.74) is 1.21. The highest BCUT2D eigenvalue weighted by molar-refractivity contribution is 6.17. The van der Waals surface area contributed by atoms with Crippen LogP contribution in [0.3, 0.4) is 0 Å². The third kappa shape index (κ3) is 7.19. The van der Waals surface area contributed by atoms with E-state index in [2.05, 4.69) is 31.2 Å². The van der Waals surface area contributed by atoms with Crippen LogP contribution in [0.1, 0.15) is 25.3 Å². The number of hydrogen-bond acceptors (Lipinski definition) is 1. The average Bonchev–Trinajstić information content (AvgIpc) is 2.35. The summed E-state index contributed by atoms with van der Waals surface area (Å²) in [5.74, 6) is 1.40. The third-order valence-electron chi connectivity index (χ3n) is 2.68. The highest BCUT2D eigenvalue weighted by atomic mass is 35.5. The van der Waals surface area contributed by atoms with Crippen molar-refractivity contribution in [1.29, 1.82) is 0 Å². The van der Waals surface area contributed by atoms with E-state index in [0.717, 1.165) is 25.3 Å². The van der Waals surface area contributed by atoms with Crippen LogP contribution in [0.15, 0.2) is 36.4 Å². The van der Waals surface area contributed by atoms with E-state index in [9.17, 15) is 0 Å². The minimum Gasteiger partial charge on any atom is -0.377 e. The van der Waals surface area contributed by atoms with E-state index in [1.165, 1.54) is 5.56 Å². The normalized spacial score (nSPS) is 13.1. The van der Waals surface area contributed by atoms with Crippen LogP contribution in [-0.4, -0.2) is 19.1 Å². The molecule has 1 aromatic rings. The lowest BCUT2D eigenvalue weighted by atomic mass is 10.1. The number of benzene rings is 1. The van der Waals surface area contributed by atoms with Gasteiger partial charge in [0.1, 0.15) is 0 Å². The predicted molar refractivity (Wildman–Crippen MR) is 75.4 cm³/mol. The fourth-order valence-corrected chi connectivity index (χ4v) is 1.89. The molecule has 0 fully saturated rings. The predicted octanol–water partition coefficient (Wildman–Crippen LogP) is 4.37. The molecule has 17 heavy (non-hydrogen) atoms. The van der Waals surface area contributed by atoms with Gasteiger partial charge in [0.2, 0.25) is 0 Å². The first-order valence-electron chi connectivity index (χ1n) is 6.18. The molecule has 0 aromatic heterocycles. The van der Waals surface area contributed by atoms with E-state index in [1.807, 2.05) is 18.2 Å². The van der Waals surface area contributed by atoms with Gasteiger partial charge in [-0.2, -0.15) is 0 Å². The highest BCUT2D eigenvalue weighted by Crippen LogP contribution is 2.08. The lowest BCUT2D eigenvalue weighted by molar-refractivity contribution is 0.147. The molecule has 0 saturated carbocycles. The van der Waals surface area contributed by atoms with Crippen molar-refractivity contribution >= 4 is 17.7 Å². The van der Waals surface area contributed by atoms with Crippen molar-refractivity contribution in [1.82, 2.24) is 0 Å². The molecule has 1 nitrogen and oxygen atoms in total. The fourth-order valence-electron chi connectivity index (χ4n) is 1.51. The molecule has 0 aliphatic rings. The van der Waals surface area contributed by atoms with Gasteiger partial charge in [0.25, 0.3) is 0 Å². The molecule has 0 amide bonds. The fraction of sp³-hybridized carbons (Fsp3) is 0.467. The zero-order chi connectivity index (χ0) is 12.3. The minimum atomic E-state index is 0.658. The number of hydrogen-bond donors (Lipinski definition) is 0. The van der Waals surface area contributed by atoms with Crippen LogP contribution in [0.4, 0.5) is 0 Å². The van der Waals surface area contributed by atoms with Crippen molar-refractivity contribution in [2.24, 2.45) is 5.92 Å². The molecule has 0 saturated heterocycles. The molecule has 0 radical (unpaired) electrons. The zero-order valence-electron chi connectivity index (χ0n) is 10.4. The summed E-state index contributed by atoms with van der Waals surface area (Å²) in [6, 6.07) is 10.3. The summed E-state index contributed by atoms with van der Waals surface area (Å²) in [6.07, 6.45) is 6.31. The summed E-state index contributed by atoms with van der Waals surface area (Å²) in [4.78, 5) is 0. The lowest BCUT2D eigenvalue weighted by Crippen LogP contribution is -2.02. The van der Waals surface area contributed by atoms with Crippen molar-refractivity contribution in [3.63, 3.8) is 0 Å². The second kappa shape index (κ2) is 9.26. The minimum absolute atomic E-state index is 0.658. The molecule has 0 heterocycles. The summed E-state index contributed by atoms with van der Waals surface area (Å²) in [5, 5.41) is 0. The second-order valence-electron chi connectivity index (χ2n) is 4.26. The van der Waals surface area contributed by atoms with Gasteiger partial charge in [0.15, 0.2) is 0 Å². The number of alkyl halides is 1. The van der Waals surface area contributed by atoms with Crippen molar-refractivity contribution in [3.05, 3.63) is 42.0 Å². The van der Waals surface area contributed by atoms with Gasteiger partial charge in [-0.25, -0.2) is 0 Å². The zero-order valence-corrected chi connectivity index (χ0v) is 11.2. The molecule has 0 bridgehead atoms. The van der Waals surface area contributed by atoms with Crippen LogP contribution in [-0.2, 0) is 4.74 Å². The Kier molecular flexibility index (Phi) is 7.78. The van der Waals surface area contributed by atoms with Crippen LogP contribution in [0.5, 0.6) is 0 Å². The summed E-state index contributed by atoms with van der Waals surface area (Å²) >= 11 is 5.67. The van der Waals surface area contributed by atoms with Crippen molar-refractivity contribution in [3.8, 4) is 0 Å². The molecule has 1 rings (SSSR count). The van der Waals surface area contributed by atoms with E-state index in [0.29, 0.717) is 12.5 Å². The Bertz CT molecular complexity index is 308. The van der Waals surface area contributed by atoms with Crippen LogP contribution < -0.4 is 0 Å². The SMILES string of the molecule is CC(CCCl)CCOCC=Cc1ccccc1. The number of halogens is 1. The maximum Gasteiger partial charge on any atom is 0.0650 e. The van der Waals surface area contributed by atoms with Gasteiger partial charge in [-0.05, 0) is 24.3 Å². The average molecular weight is 253 g/mol. The van der Waals surface area contributed by atoms with Crippen LogP contribution in [0.25, 0.3) is 6.08 Å². The third-order valence-corrected chi connectivity index (χ3v) is 2.90. The van der Waals surface area contributed by atoms with Gasteiger partial charge in [-0.15, -0.1) is 11.6 Å². The first-order valence-corrected chi connectivity index (χ1v) is 6.71. The molecule has 1 unspecified atom stereocenters. The Balaban J connectivity index is 2.06. The van der Waals surface area contributed by atoms with Crippen LogP contribution >= 0.6 is 11.6 Å². The molecule has 2 heteroatoms. The molecule has 0 aliphatic heterocycles. The molecule has 1 atom stereocenters. The van der Waals surface area contributed by atoms with Gasteiger partial charge in [0.05, 0.1) is 6.61 Å². The number of ether oxygens (including phenoxy) is 1. The summed E-state index contributed by atoms with van der Waals surface area (Å²) in [7, 11) is 0. The standard InChI is InChI=1S/C15H21ClO/c1-14(9-11-16)10-13-17-12-5-8-15-6-3-2-4-7-15/h2-8,14H,9-13H2,1H3. The molecule has 0 spiro atoms. The highest BCUT2D eigenvalue weighted by Gasteiger charge is 1.99. The van der Waals surface area contributed by atoms with Gasteiger partial charge < -0.3 is 4.74 Å². The number of rotatable bonds is 8. The quantitative estimate of drug-likeness (QED) is 0.493. The molecule has 0 N–H and O–H groups in total. The van der Waals surface area contributed by atoms with E-state index < -0.39 is 0 Å². The second-order valence-corrected chi connectivity index (χ2v) is 4.64.